The highest BCUT2D eigenvalue weighted by molar-refractivity contribution is 7.80. The summed E-state index contributed by atoms with van der Waals surface area (Å²) in [6.45, 7) is -1.31. The van der Waals surface area contributed by atoms with E-state index in [9.17, 15) is 23.1 Å². The van der Waals surface area contributed by atoms with Crippen molar-refractivity contribution < 1.29 is 54.6 Å². The summed E-state index contributed by atoms with van der Waals surface area (Å²) >= 11 is 0. The predicted molar refractivity (Wildman–Crippen MR) is 119 cm³/mol. The van der Waals surface area contributed by atoms with Gasteiger partial charge in [0.15, 0.2) is 12.2 Å². The van der Waals surface area contributed by atoms with Gasteiger partial charge in [-0.05, 0) is 29.3 Å². The van der Waals surface area contributed by atoms with Crippen molar-refractivity contribution in [1.29, 1.82) is 0 Å². The number of hydrogen-bond donors (Lipinski definition) is 2. The Morgan fingerprint density at radius 3 is 2.59 bits per heavy atom. The van der Waals surface area contributed by atoms with Gasteiger partial charge in [0.2, 0.25) is 0 Å². The fraction of sp³-hybridized carbons (Fsp3) is 0.381. The van der Waals surface area contributed by atoms with Crippen molar-refractivity contribution >= 4 is 33.7 Å². The molecule has 37 heavy (non-hydrogen) atoms. The van der Waals surface area contributed by atoms with Crippen LogP contribution in [-0.2, 0) is 24.1 Å². The normalized spacial score (nSPS) is 19.0. The van der Waals surface area contributed by atoms with Crippen molar-refractivity contribution in [2.75, 3.05) is 37.7 Å². The van der Waals surface area contributed by atoms with Crippen molar-refractivity contribution in [2.45, 2.75) is 18.6 Å². The lowest BCUT2D eigenvalue weighted by molar-refractivity contribution is -0.140. The fourth-order valence-electron chi connectivity index (χ4n) is 3.89. The Hall–Kier alpha value is -3.60. The number of ether oxygens (including phenoxy) is 2. The Kier molecular flexibility index (Phi) is 7.72. The van der Waals surface area contributed by atoms with Crippen molar-refractivity contribution in [1.82, 2.24) is 10.1 Å². The van der Waals surface area contributed by atoms with E-state index in [-0.39, 0.29) is 55.4 Å². The number of carbonyl (C=O) groups is 2. The van der Waals surface area contributed by atoms with Crippen LogP contribution in [0.15, 0.2) is 35.1 Å². The molecule has 1 fully saturated rings. The second-order valence-electron chi connectivity index (χ2n) is 8.01. The molecule has 2 aromatic rings. The Bertz CT molecular complexity index is 1280. The Balaban J connectivity index is 1.43. The predicted octanol–water partition coefficient (Wildman–Crippen LogP) is 1.15. The summed E-state index contributed by atoms with van der Waals surface area (Å²) in [4.78, 5) is 26.8. The van der Waals surface area contributed by atoms with E-state index in [1.165, 1.54) is 18.4 Å². The number of anilines is 1. The van der Waals surface area contributed by atoms with Gasteiger partial charge in [-0.2, -0.15) is 8.42 Å². The van der Waals surface area contributed by atoms with Crippen LogP contribution in [-0.4, -0.2) is 85.2 Å². The van der Waals surface area contributed by atoms with Crippen LogP contribution in [0.1, 0.15) is 12.0 Å². The minimum Gasteiger partial charge on any atom is -0.471 e. The van der Waals surface area contributed by atoms with Crippen LogP contribution < -0.4 is 9.64 Å². The quantitative estimate of drug-likeness (QED) is 0.434. The first-order chi connectivity index (χ1) is 17.6. The fourth-order valence-corrected chi connectivity index (χ4v) is 4.33. The number of halogens is 2. The standard InChI is InChI=1S/C21H21F2N3O10S/c22-15-7-13(26-9-14(35-21(26)29)11-33-18-3-6-34-24-18)8-16(23)19(15)12-1-4-25(5-2-12)20(28)17(10-27)36-37(30,31)32/h1,3,6-8,14,17,27H,2,4-5,9-11H2,(H,30,31,32)/t14-,17+/m1/s1. The SMILES string of the molecule is O=C([C@H](CO)OS(=O)(=O)O)N1CC=C(c2c(F)cc(N3C[C@H](COc4ccon4)OC3=O)cc2F)CC1. The molecule has 3 heterocycles. The molecular weight excluding hydrogens is 524 g/mol. The molecule has 2 aliphatic rings. The van der Waals surface area contributed by atoms with Crippen LogP contribution in [0.5, 0.6) is 5.88 Å². The van der Waals surface area contributed by atoms with Gasteiger partial charge in [0.25, 0.3) is 11.8 Å². The lowest BCUT2D eigenvalue weighted by atomic mass is 9.97. The number of nitrogens with zero attached hydrogens (tertiary/aromatic N) is 3. The lowest BCUT2D eigenvalue weighted by Crippen LogP contribution is -2.44. The largest absolute Gasteiger partial charge is 0.471 e. The molecule has 2 N–H and O–H groups in total. The van der Waals surface area contributed by atoms with Gasteiger partial charge < -0.3 is 24.0 Å². The van der Waals surface area contributed by atoms with Gasteiger partial charge >= 0.3 is 16.5 Å². The highest BCUT2D eigenvalue weighted by Crippen LogP contribution is 2.32. The van der Waals surface area contributed by atoms with E-state index < -0.39 is 52.8 Å². The van der Waals surface area contributed by atoms with E-state index in [4.69, 9.17) is 14.0 Å². The molecule has 2 amide bonds. The van der Waals surface area contributed by atoms with Crippen LogP contribution in [0.2, 0.25) is 0 Å². The summed E-state index contributed by atoms with van der Waals surface area (Å²) in [6.07, 6.45) is -0.717. The molecule has 1 saturated heterocycles. The van der Waals surface area contributed by atoms with E-state index in [0.717, 1.165) is 21.9 Å². The number of rotatable bonds is 9. The van der Waals surface area contributed by atoms with Crippen molar-refractivity contribution in [2.24, 2.45) is 0 Å². The number of aromatic nitrogens is 1. The average molecular weight is 545 g/mol. The second kappa shape index (κ2) is 10.8. The number of benzene rings is 1. The molecule has 0 unspecified atom stereocenters. The topological polar surface area (TPSA) is 169 Å². The van der Waals surface area contributed by atoms with E-state index in [0.29, 0.717) is 0 Å². The first kappa shape index (κ1) is 26.5. The maximum atomic E-state index is 15.0. The minimum atomic E-state index is -4.99. The van der Waals surface area contributed by atoms with Crippen LogP contribution >= 0.6 is 0 Å². The first-order valence-corrected chi connectivity index (χ1v) is 12.2. The Labute approximate surface area is 208 Å². The Morgan fingerprint density at radius 2 is 2.03 bits per heavy atom. The van der Waals surface area contributed by atoms with Crippen LogP contribution in [0.25, 0.3) is 5.57 Å². The third-order valence-electron chi connectivity index (χ3n) is 5.56. The zero-order valence-corrected chi connectivity index (χ0v) is 19.8. The summed E-state index contributed by atoms with van der Waals surface area (Å²) in [5.74, 6) is -2.63. The molecule has 4 rings (SSSR count). The van der Waals surface area contributed by atoms with Gasteiger partial charge in [0, 0.05) is 24.7 Å². The molecule has 1 aromatic carbocycles. The van der Waals surface area contributed by atoms with E-state index >= 15 is 8.78 Å². The van der Waals surface area contributed by atoms with Gasteiger partial charge in [0.05, 0.1) is 18.8 Å². The monoisotopic (exact) mass is 545 g/mol. The molecule has 0 saturated carbocycles. The summed E-state index contributed by atoms with van der Waals surface area (Å²) in [5, 5.41) is 12.8. The van der Waals surface area contributed by atoms with Crippen molar-refractivity contribution in [3.63, 3.8) is 0 Å². The zero-order valence-electron chi connectivity index (χ0n) is 19.0. The molecule has 1 aromatic heterocycles. The minimum absolute atomic E-state index is 0.00380. The molecule has 16 heteroatoms. The number of cyclic esters (lactones) is 1. The van der Waals surface area contributed by atoms with Crippen molar-refractivity contribution in [3.05, 3.63) is 47.7 Å². The summed E-state index contributed by atoms with van der Waals surface area (Å²) in [6, 6.07) is 3.44. The number of carbonyl (C=O) groups excluding carboxylic acids is 2. The number of amides is 2. The van der Waals surface area contributed by atoms with Gasteiger partial charge in [-0.25, -0.2) is 17.8 Å². The van der Waals surface area contributed by atoms with E-state index in [1.54, 1.807) is 0 Å². The van der Waals surface area contributed by atoms with Crippen LogP contribution in [0.4, 0.5) is 19.3 Å². The molecule has 13 nitrogen and oxygen atoms in total. The number of aliphatic hydroxyl groups is 1. The summed E-state index contributed by atoms with van der Waals surface area (Å²) < 4.78 is 79.7. The zero-order chi connectivity index (χ0) is 26.7. The van der Waals surface area contributed by atoms with Crippen LogP contribution in [0.3, 0.4) is 0 Å². The second-order valence-corrected chi connectivity index (χ2v) is 9.06. The average Bonchev–Trinajstić information content (AvgIpc) is 3.49. The van der Waals surface area contributed by atoms with Gasteiger partial charge in [-0.3, -0.25) is 14.2 Å². The molecule has 0 bridgehead atoms. The highest BCUT2D eigenvalue weighted by atomic mass is 32.3. The molecule has 2 aliphatic heterocycles. The summed E-state index contributed by atoms with van der Waals surface area (Å²) in [7, 11) is -4.99. The summed E-state index contributed by atoms with van der Waals surface area (Å²) in [5.41, 5.74) is -0.166. The third-order valence-corrected chi connectivity index (χ3v) is 6.04. The lowest BCUT2D eigenvalue weighted by Gasteiger charge is -2.29. The number of aliphatic hydroxyl groups excluding tert-OH is 1. The maximum absolute atomic E-state index is 15.0. The van der Waals surface area contributed by atoms with E-state index in [1.807, 2.05) is 0 Å². The molecule has 200 valence electrons. The van der Waals surface area contributed by atoms with Gasteiger partial charge in [-0.15, -0.1) is 0 Å². The molecule has 0 spiro atoms. The molecule has 2 atom stereocenters. The Morgan fingerprint density at radius 1 is 1.30 bits per heavy atom. The molecular formula is C21H21F2N3O10S. The van der Waals surface area contributed by atoms with Crippen molar-refractivity contribution in [3.8, 4) is 5.88 Å². The van der Waals surface area contributed by atoms with E-state index in [2.05, 4.69) is 13.9 Å². The van der Waals surface area contributed by atoms with Gasteiger partial charge in [-0.1, -0.05) is 6.08 Å². The smallest absolute Gasteiger partial charge is 0.414 e. The highest BCUT2D eigenvalue weighted by Gasteiger charge is 2.35. The molecule has 0 aliphatic carbocycles. The van der Waals surface area contributed by atoms with Crippen LogP contribution in [0, 0.1) is 11.6 Å². The number of hydrogen-bond acceptors (Lipinski definition) is 10. The third kappa shape index (κ3) is 6.22. The van der Waals surface area contributed by atoms with Gasteiger partial charge in [0.1, 0.15) is 24.5 Å². The maximum Gasteiger partial charge on any atom is 0.414 e. The molecule has 0 radical (unpaired) electrons. The first-order valence-electron chi connectivity index (χ1n) is 10.8.